The molecule has 1 atom stereocenters. The van der Waals surface area contributed by atoms with E-state index in [0.29, 0.717) is 16.9 Å². The fraction of sp³-hybridized carbons (Fsp3) is 0.500. The first-order valence-electron chi connectivity index (χ1n) is 7.74. The van der Waals surface area contributed by atoms with Gasteiger partial charge in [0.1, 0.15) is 11.3 Å². The normalized spacial score (nSPS) is 14.0. The molecule has 1 aromatic carbocycles. The molecule has 2 rings (SSSR count). The molecule has 2 N–H and O–H groups in total. The lowest BCUT2D eigenvalue weighted by Crippen LogP contribution is -2.46. The summed E-state index contributed by atoms with van der Waals surface area (Å²) in [6.07, 6.45) is -0.828. The van der Waals surface area contributed by atoms with Crippen LogP contribution < -0.4 is 10.4 Å². The molecule has 2 aromatic rings. The van der Waals surface area contributed by atoms with Gasteiger partial charge in [0.05, 0.1) is 18.8 Å². The maximum absolute atomic E-state index is 11.6. The van der Waals surface area contributed by atoms with E-state index in [9.17, 15) is 15.0 Å². The van der Waals surface area contributed by atoms with Crippen LogP contribution in [0.15, 0.2) is 33.5 Å². The molecule has 1 unspecified atom stereocenters. The van der Waals surface area contributed by atoms with Crippen molar-refractivity contribution >= 4 is 11.0 Å². The van der Waals surface area contributed by atoms with E-state index in [2.05, 4.69) is 0 Å². The summed E-state index contributed by atoms with van der Waals surface area (Å²) in [6, 6.07) is 6.55. The second-order valence-corrected chi connectivity index (χ2v) is 6.79. The highest BCUT2D eigenvalue weighted by atomic mass is 16.6. The Morgan fingerprint density at radius 3 is 2.38 bits per heavy atom. The van der Waals surface area contributed by atoms with Crippen LogP contribution in [0.2, 0.25) is 0 Å². The van der Waals surface area contributed by atoms with Crippen molar-refractivity contribution in [3.8, 4) is 5.75 Å². The summed E-state index contributed by atoms with van der Waals surface area (Å²) in [4.78, 5) is 11.6. The molecule has 6 heteroatoms. The highest BCUT2D eigenvalue weighted by Crippen LogP contribution is 2.31. The van der Waals surface area contributed by atoms with Gasteiger partial charge >= 0.3 is 5.63 Å². The highest BCUT2D eigenvalue weighted by Gasteiger charge is 2.35. The number of ether oxygens (including phenoxy) is 2. The van der Waals surface area contributed by atoms with E-state index in [1.54, 1.807) is 32.0 Å². The number of aliphatic hydroxyl groups is 2. The van der Waals surface area contributed by atoms with Crippen molar-refractivity contribution in [2.24, 2.45) is 0 Å². The van der Waals surface area contributed by atoms with Gasteiger partial charge in [0.15, 0.2) is 5.79 Å². The van der Waals surface area contributed by atoms with Crippen LogP contribution >= 0.6 is 0 Å². The average Bonchev–Trinajstić information content (AvgIpc) is 2.45. The lowest BCUT2D eigenvalue weighted by atomic mass is 9.93. The predicted molar refractivity (Wildman–Crippen MR) is 90.2 cm³/mol. The van der Waals surface area contributed by atoms with Gasteiger partial charge in [0, 0.05) is 23.4 Å². The van der Waals surface area contributed by atoms with Gasteiger partial charge in [-0.15, -0.1) is 0 Å². The van der Waals surface area contributed by atoms with E-state index < -0.39 is 23.1 Å². The molecule has 1 heterocycles. The summed E-state index contributed by atoms with van der Waals surface area (Å²) in [5.41, 5.74) is -0.549. The molecule has 0 aliphatic heterocycles. The fourth-order valence-electron chi connectivity index (χ4n) is 2.71. The summed E-state index contributed by atoms with van der Waals surface area (Å²) in [5, 5.41) is 21.2. The van der Waals surface area contributed by atoms with Crippen LogP contribution in [-0.2, 0) is 11.2 Å². The van der Waals surface area contributed by atoms with Gasteiger partial charge in [-0.3, -0.25) is 0 Å². The van der Waals surface area contributed by atoms with Gasteiger partial charge < -0.3 is 24.1 Å². The van der Waals surface area contributed by atoms with Crippen LogP contribution in [0.5, 0.6) is 5.75 Å². The fourth-order valence-corrected chi connectivity index (χ4v) is 2.71. The minimum Gasteiger partial charge on any atom is -0.496 e. The molecule has 0 radical (unpaired) electrons. The van der Waals surface area contributed by atoms with Crippen molar-refractivity contribution < 1.29 is 24.1 Å². The van der Waals surface area contributed by atoms with Crippen LogP contribution in [0.25, 0.3) is 11.0 Å². The lowest BCUT2D eigenvalue weighted by molar-refractivity contribution is -0.258. The monoisotopic (exact) mass is 336 g/mol. The van der Waals surface area contributed by atoms with Gasteiger partial charge in [-0.1, -0.05) is 0 Å². The maximum Gasteiger partial charge on any atom is 0.336 e. The molecule has 1 aromatic heterocycles. The standard InChI is InChI=1S/C18H24O6/c1-17(2,24-18(3,4)21)14(19)10-12-13(22-5)8-6-11-7-9-15(20)23-16(11)12/h6-9,14,19,21H,10H2,1-5H3. The largest absolute Gasteiger partial charge is 0.496 e. The van der Waals surface area contributed by atoms with Crippen molar-refractivity contribution in [3.63, 3.8) is 0 Å². The molecule has 24 heavy (non-hydrogen) atoms. The molecular formula is C18H24O6. The second kappa shape index (κ2) is 6.55. The summed E-state index contributed by atoms with van der Waals surface area (Å²) in [7, 11) is 1.51. The molecule has 0 aliphatic rings. The van der Waals surface area contributed by atoms with Crippen LogP contribution in [0, 0.1) is 0 Å². The van der Waals surface area contributed by atoms with Crippen LogP contribution in [0.4, 0.5) is 0 Å². The Morgan fingerprint density at radius 2 is 1.79 bits per heavy atom. The summed E-state index contributed by atoms with van der Waals surface area (Å²) in [6.45, 7) is 6.37. The Kier molecular flexibility index (Phi) is 5.03. The number of methoxy groups -OCH3 is 1. The van der Waals surface area contributed by atoms with Gasteiger partial charge in [-0.05, 0) is 45.9 Å². The number of fused-ring (bicyclic) bond motifs is 1. The van der Waals surface area contributed by atoms with Crippen molar-refractivity contribution in [2.45, 2.75) is 51.6 Å². The Labute approximate surface area is 140 Å². The van der Waals surface area contributed by atoms with Gasteiger partial charge in [0.25, 0.3) is 0 Å². The minimum atomic E-state index is -1.39. The summed E-state index contributed by atoms with van der Waals surface area (Å²) < 4.78 is 16.2. The molecule has 0 saturated heterocycles. The van der Waals surface area contributed by atoms with Crippen molar-refractivity contribution in [2.75, 3.05) is 7.11 Å². The first-order chi connectivity index (χ1) is 11.0. The van der Waals surface area contributed by atoms with E-state index in [1.807, 2.05) is 0 Å². The SMILES string of the molecule is COc1ccc2ccc(=O)oc2c1CC(O)C(C)(C)OC(C)(C)O. The van der Waals surface area contributed by atoms with E-state index in [-0.39, 0.29) is 6.42 Å². The summed E-state index contributed by atoms with van der Waals surface area (Å²) in [5.74, 6) is -0.880. The topological polar surface area (TPSA) is 89.1 Å². The Morgan fingerprint density at radius 1 is 1.17 bits per heavy atom. The summed E-state index contributed by atoms with van der Waals surface area (Å²) >= 11 is 0. The van der Waals surface area contributed by atoms with Crippen LogP contribution in [0.1, 0.15) is 33.3 Å². The molecular weight excluding hydrogens is 312 g/mol. The third kappa shape index (κ3) is 4.14. The predicted octanol–water partition coefficient (Wildman–Crippen LogP) is 2.23. The molecule has 0 spiro atoms. The van der Waals surface area contributed by atoms with Crippen LogP contribution in [0.3, 0.4) is 0 Å². The number of benzene rings is 1. The minimum absolute atomic E-state index is 0.135. The molecule has 0 amide bonds. The Balaban J connectivity index is 2.44. The highest BCUT2D eigenvalue weighted by molar-refractivity contribution is 5.82. The Hall–Kier alpha value is -1.89. The van der Waals surface area contributed by atoms with E-state index in [1.165, 1.54) is 27.0 Å². The molecule has 0 aliphatic carbocycles. The van der Waals surface area contributed by atoms with E-state index in [0.717, 1.165) is 5.39 Å². The maximum atomic E-state index is 11.6. The zero-order valence-corrected chi connectivity index (χ0v) is 14.6. The van der Waals surface area contributed by atoms with E-state index >= 15 is 0 Å². The first-order valence-corrected chi connectivity index (χ1v) is 7.74. The lowest BCUT2D eigenvalue weighted by Gasteiger charge is -2.36. The number of aliphatic hydroxyl groups excluding tert-OH is 1. The number of hydrogen-bond donors (Lipinski definition) is 2. The van der Waals surface area contributed by atoms with Crippen LogP contribution in [-0.4, -0.2) is 34.8 Å². The third-order valence-corrected chi connectivity index (χ3v) is 3.78. The molecule has 132 valence electrons. The number of rotatable bonds is 6. The zero-order valence-electron chi connectivity index (χ0n) is 14.6. The van der Waals surface area contributed by atoms with Crippen molar-refractivity contribution in [1.82, 2.24) is 0 Å². The average molecular weight is 336 g/mol. The molecule has 0 fully saturated rings. The van der Waals surface area contributed by atoms with Gasteiger partial charge in [-0.2, -0.15) is 0 Å². The molecule has 0 saturated carbocycles. The number of hydrogen-bond acceptors (Lipinski definition) is 6. The third-order valence-electron chi connectivity index (χ3n) is 3.78. The second-order valence-electron chi connectivity index (χ2n) is 6.79. The van der Waals surface area contributed by atoms with Gasteiger partial charge in [0.2, 0.25) is 0 Å². The Bertz CT molecular complexity index is 769. The molecule has 0 bridgehead atoms. The quantitative estimate of drug-likeness (QED) is 0.621. The van der Waals surface area contributed by atoms with Crippen molar-refractivity contribution in [3.05, 3.63) is 40.2 Å². The van der Waals surface area contributed by atoms with Crippen molar-refractivity contribution in [1.29, 1.82) is 0 Å². The molecule has 6 nitrogen and oxygen atoms in total. The van der Waals surface area contributed by atoms with Gasteiger partial charge in [-0.25, -0.2) is 4.79 Å². The zero-order chi connectivity index (χ0) is 18.1. The van der Waals surface area contributed by atoms with E-state index in [4.69, 9.17) is 13.9 Å². The smallest absolute Gasteiger partial charge is 0.336 e. The first kappa shape index (κ1) is 18.4.